The highest BCUT2D eigenvalue weighted by Gasteiger charge is 2.33. The molecule has 0 saturated heterocycles. The standard InChI is InChI=1S/C28H28N2O8S.C2H4O2/c1-7-37-19-10-8-17(12-21(19)34-4)13-23-26(32)30-25(24(27(33)36-6)15(2)29-28(30)39-23)18-9-11-20(38-16(3)31)22(14-18)35-5;1-2(3)4/h8-14,25H,7H2,1-6H3;1H3,(H,3,4)/b23-13+;. The molecule has 0 amide bonds. The van der Waals surface area contributed by atoms with Gasteiger partial charge in [-0.15, -0.1) is 0 Å². The number of aliphatic carboxylic acids is 1. The van der Waals surface area contributed by atoms with E-state index < -0.39 is 23.9 Å². The van der Waals surface area contributed by atoms with Crippen molar-refractivity contribution in [2.45, 2.75) is 33.7 Å². The molecule has 2 aromatic carbocycles. The lowest BCUT2D eigenvalue weighted by atomic mass is 9.95. The number of esters is 2. The van der Waals surface area contributed by atoms with Gasteiger partial charge in [0.1, 0.15) is 0 Å². The first-order valence-corrected chi connectivity index (χ1v) is 13.7. The van der Waals surface area contributed by atoms with Crippen LogP contribution in [0.2, 0.25) is 0 Å². The minimum Gasteiger partial charge on any atom is -0.493 e. The van der Waals surface area contributed by atoms with Gasteiger partial charge in [-0.05, 0) is 55.3 Å². The topological polar surface area (TPSA) is 152 Å². The molecule has 1 atom stereocenters. The summed E-state index contributed by atoms with van der Waals surface area (Å²) < 4.78 is 28.6. The number of allylic oxidation sites excluding steroid dienone is 1. The number of methoxy groups -OCH3 is 3. The number of carbonyl (C=O) groups excluding carboxylic acids is 2. The van der Waals surface area contributed by atoms with Gasteiger partial charge >= 0.3 is 11.9 Å². The molecule has 1 unspecified atom stereocenters. The van der Waals surface area contributed by atoms with E-state index in [0.29, 0.717) is 38.7 Å². The van der Waals surface area contributed by atoms with E-state index in [9.17, 15) is 14.4 Å². The Kier molecular flexibility index (Phi) is 10.9. The normalized spacial score (nSPS) is 14.0. The Balaban J connectivity index is 0.00000119. The second-order valence-electron chi connectivity index (χ2n) is 8.94. The number of aromatic nitrogens is 1. The van der Waals surface area contributed by atoms with Crippen LogP contribution in [0.3, 0.4) is 0 Å². The zero-order valence-corrected chi connectivity index (χ0v) is 25.6. The molecule has 2 heterocycles. The molecular weight excluding hydrogens is 580 g/mol. The molecule has 4 rings (SSSR count). The molecule has 1 aliphatic rings. The molecule has 1 N–H and O–H groups in total. The van der Waals surface area contributed by atoms with Crippen molar-refractivity contribution in [1.29, 1.82) is 0 Å². The summed E-state index contributed by atoms with van der Waals surface area (Å²) in [6.45, 7) is 6.43. The van der Waals surface area contributed by atoms with Gasteiger partial charge in [0.25, 0.3) is 11.5 Å². The van der Waals surface area contributed by atoms with Gasteiger partial charge in [0.05, 0.1) is 49.8 Å². The molecule has 0 fully saturated rings. The van der Waals surface area contributed by atoms with Gasteiger partial charge in [-0.3, -0.25) is 19.0 Å². The van der Waals surface area contributed by atoms with Gasteiger partial charge < -0.3 is 28.8 Å². The highest BCUT2D eigenvalue weighted by atomic mass is 32.1. The Labute approximate surface area is 251 Å². The summed E-state index contributed by atoms with van der Waals surface area (Å²) in [5.41, 5.74) is 1.57. The van der Waals surface area contributed by atoms with Crippen LogP contribution < -0.4 is 33.8 Å². The van der Waals surface area contributed by atoms with Crippen molar-refractivity contribution in [2.24, 2.45) is 4.99 Å². The van der Waals surface area contributed by atoms with Crippen LogP contribution >= 0.6 is 11.3 Å². The van der Waals surface area contributed by atoms with E-state index in [4.69, 9.17) is 33.6 Å². The molecule has 0 spiro atoms. The molecule has 0 bridgehead atoms. The number of hydrogen-bond acceptors (Lipinski definition) is 11. The first-order chi connectivity index (χ1) is 20.4. The third-order valence-electron chi connectivity index (χ3n) is 5.97. The summed E-state index contributed by atoms with van der Waals surface area (Å²) in [6, 6.07) is 9.38. The molecule has 1 aliphatic heterocycles. The van der Waals surface area contributed by atoms with Crippen molar-refractivity contribution in [3.05, 3.63) is 78.5 Å². The number of nitrogens with zero attached hydrogens (tertiary/aromatic N) is 2. The molecule has 0 radical (unpaired) electrons. The minimum absolute atomic E-state index is 0.210. The lowest BCUT2D eigenvalue weighted by Crippen LogP contribution is -2.39. The van der Waals surface area contributed by atoms with Crippen LogP contribution in [0, 0.1) is 0 Å². The zero-order valence-electron chi connectivity index (χ0n) is 24.8. The van der Waals surface area contributed by atoms with E-state index in [1.807, 2.05) is 13.0 Å². The highest BCUT2D eigenvalue weighted by molar-refractivity contribution is 7.07. The van der Waals surface area contributed by atoms with Crippen molar-refractivity contribution >= 4 is 35.3 Å². The number of carbonyl (C=O) groups is 3. The second-order valence-corrected chi connectivity index (χ2v) is 9.95. The van der Waals surface area contributed by atoms with Gasteiger partial charge in [0.15, 0.2) is 27.8 Å². The van der Waals surface area contributed by atoms with E-state index >= 15 is 0 Å². The lowest BCUT2D eigenvalue weighted by Gasteiger charge is -2.25. The van der Waals surface area contributed by atoms with Gasteiger partial charge in [0.2, 0.25) is 0 Å². The van der Waals surface area contributed by atoms with Gasteiger partial charge in [-0.1, -0.05) is 23.5 Å². The Hall–Kier alpha value is -4.91. The molecule has 12 nitrogen and oxygen atoms in total. The van der Waals surface area contributed by atoms with Gasteiger partial charge in [-0.25, -0.2) is 9.79 Å². The van der Waals surface area contributed by atoms with Gasteiger partial charge in [0, 0.05) is 13.8 Å². The first-order valence-electron chi connectivity index (χ1n) is 12.9. The molecule has 1 aromatic heterocycles. The molecular formula is C30H32N2O10S. The van der Waals surface area contributed by atoms with Crippen LogP contribution in [0.5, 0.6) is 23.0 Å². The van der Waals surface area contributed by atoms with Crippen molar-refractivity contribution < 1.29 is 43.2 Å². The van der Waals surface area contributed by atoms with Gasteiger partial charge in [-0.2, -0.15) is 0 Å². The van der Waals surface area contributed by atoms with Crippen LogP contribution in [-0.4, -0.2) is 55.5 Å². The van der Waals surface area contributed by atoms with Crippen molar-refractivity contribution in [1.82, 2.24) is 4.57 Å². The summed E-state index contributed by atoms with van der Waals surface area (Å²) in [4.78, 5) is 52.2. The summed E-state index contributed by atoms with van der Waals surface area (Å²) in [7, 11) is 4.26. The van der Waals surface area contributed by atoms with Crippen LogP contribution in [0.15, 0.2) is 57.5 Å². The summed E-state index contributed by atoms with van der Waals surface area (Å²) in [5, 5.41) is 7.42. The maximum atomic E-state index is 13.8. The third-order valence-corrected chi connectivity index (χ3v) is 6.95. The number of rotatable bonds is 8. The number of carboxylic acid groups (broad SMARTS) is 1. The predicted molar refractivity (Wildman–Crippen MR) is 158 cm³/mol. The first kappa shape index (κ1) is 32.6. The molecule has 43 heavy (non-hydrogen) atoms. The fourth-order valence-electron chi connectivity index (χ4n) is 4.30. The van der Waals surface area contributed by atoms with E-state index in [1.165, 1.54) is 37.0 Å². The highest BCUT2D eigenvalue weighted by Crippen LogP contribution is 2.36. The largest absolute Gasteiger partial charge is 0.493 e. The summed E-state index contributed by atoms with van der Waals surface area (Å²) >= 11 is 1.20. The average Bonchev–Trinajstić information content (AvgIpc) is 3.26. The Morgan fingerprint density at radius 2 is 1.63 bits per heavy atom. The maximum absolute atomic E-state index is 13.8. The molecule has 13 heteroatoms. The Morgan fingerprint density at radius 3 is 2.21 bits per heavy atom. The zero-order chi connectivity index (χ0) is 31.8. The summed E-state index contributed by atoms with van der Waals surface area (Å²) in [6.07, 6.45) is 1.74. The van der Waals surface area contributed by atoms with Crippen LogP contribution in [0.1, 0.15) is 44.9 Å². The third kappa shape index (κ3) is 7.49. The molecule has 0 aliphatic carbocycles. The van der Waals surface area contributed by atoms with E-state index in [1.54, 1.807) is 50.4 Å². The predicted octanol–water partition coefficient (Wildman–Crippen LogP) is 2.84. The van der Waals surface area contributed by atoms with E-state index in [0.717, 1.165) is 12.5 Å². The Morgan fingerprint density at radius 1 is 1.00 bits per heavy atom. The number of benzene rings is 2. The fourth-order valence-corrected chi connectivity index (χ4v) is 5.35. The summed E-state index contributed by atoms with van der Waals surface area (Å²) in [5.74, 6) is -0.333. The van der Waals surface area contributed by atoms with Crippen molar-refractivity contribution in [2.75, 3.05) is 27.9 Å². The number of thiazole rings is 1. The quantitative estimate of drug-likeness (QED) is 0.297. The van der Waals surface area contributed by atoms with Crippen molar-refractivity contribution in [3.8, 4) is 23.0 Å². The Bertz CT molecular complexity index is 1750. The lowest BCUT2D eigenvalue weighted by molar-refractivity contribution is -0.137. The van der Waals surface area contributed by atoms with E-state index in [2.05, 4.69) is 4.99 Å². The fraction of sp³-hybridized carbons (Fsp3) is 0.300. The smallest absolute Gasteiger partial charge is 0.338 e. The number of fused-ring (bicyclic) bond motifs is 1. The van der Waals surface area contributed by atoms with Crippen LogP contribution in [0.25, 0.3) is 6.08 Å². The molecule has 228 valence electrons. The maximum Gasteiger partial charge on any atom is 0.338 e. The number of carboxylic acids is 1. The SMILES string of the molecule is CC(=O)O.CCOc1ccc(/C=c2/sc3n(c2=O)C(c2ccc(OC(C)=O)c(OC)c2)C(C(=O)OC)=C(C)N=3)cc1OC. The van der Waals surface area contributed by atoms with Crippen LogP contribution in [0.4, 0.5) is 0 Å². The number of hydrogen-bond donors (Lipinski definition) is 1. The second kappa shape index (κ2) is 14.3. The van der Waals surface area contributed by atoms with E-state index in [-0.39, 0.29) is 22.6 Å². The monoisotopic (exact) mass is 612 g/mol. The molecule has 3 aromatic rings. The molecule has 0 saturated carbocycles. The number of ether oxygens (including phenoxy) is 5. The van der Waals surface area contributed by atoms with Crippen molar-refractivity contribution in [3.63, 3.8) is 0 Å². The average molecular weight is 613 g/mol. The minimum atomic E-state index is -0.856. The van der Waals surface area contributed by atoms with Crippen LogP contribution in [-0.2, 0) is 19.1 Å².